The molecule has 9 heteroatoms. The zero-order valence-electron chi connectivity index (χ0n) is 21.0. The number of fused-ring (bicyclic) bond motifs is 1. The Morgan fingerprint density at radius 1 is 1.25 bits per heavy atom. The van der Waals surface area contributed by atoms with Crippen molar-refractivity contribution < 1.29 is 22.7 Å². The number of carbonyl (C=O) groups excluding carboxylic acids is 1. The number of likely N-dealkylation sites (tertiary alicyclic amines) is 1. The number of H-pyrrole nitrogens is 1. The van der Waals surface area contributed by atoms with Gasteiger partial charge in [-0.15, -0.1) is 0 Å². The lowest BCUT2D eigenvalue weighted by molar-refractivity contribution is -0.0676. The number of methoxy groups -OCH3 is 1. The van der Waals surface area contributed by atoms with Crippen LogP contribution in [0.3, 0.4) is 0 Å². The van der Waals surface area contributed by atoms with Gasteiger partial charge in [-0.25, -0.2) is 13.1 Å². The van der Waals surface area contributed by atoms with E-state index < -0.39 is 15.9 Å². The fourth-order valence-corrected chi connectivity index (χ4v) is 6.24. The van der Waals surface area contributed by atoms with Crippen LogP contribution in [0.5, 0.6) is 5.75 Å². The van der Waals surface area contributed by atoms with Gasteiger partial charge in [-0.2, -0.15) is 0 Å². The van der Waals surface area contributed by atoms with Gasteiger partial charge in [-0.1, -0.05) is 12.1 Å². The molecule has 1 unspecified atom stereocenters. The minimum Gasteiger partial charge on any atom is -0.496 e. The molecule has 0 saturated carbocycles. The zero-order chi connectivity index (χ0) is 25.5. The highest BCUT2D eigenvalue weighted by Gasteiger charge is 2.43. The topological polar surface area (TPSA) is 101 Å². The number of aromatic nitrogens is 1. The molecule has 2 fully saturated rings. The van der Waals surface area contributed by atoms with Gasteiger partial charge in [0.2, 0.25) is 10.0 Å². The van der Waals surface area contributed by atoms with E-state index in [9.17, 15) is 13.2 Å². The molecule has 2 N–H and O–H groups in total. The summed E-state index contributed by atoms with van der Waals surface area (Å²) in [6.45, 7) is 4.48. The Kier molecular flexibility index (Phi) is 6.57. The number of amides is 1. The van der Waals surface area contributed by atoms with E-state index in [1.807, 2.05) is 23.1 Å². The highest BCUT2D eigenvalue weighted by atomic mass is 32.2. The molecule has 192 valence electrons. The molecule has 0 radical (unpaired) electrons. The first-order valence-electron chi connectivity index (χ1n) is 12.3. The van der Waals surface area contributed by atoms with Crippen LogP contribution in [-0.4, -0.2) is 56.3 Å². The Morgan fingerprint density at radius 3 is 2.69 bits per heavy atom. The maximum atomic E-state index is 12.3. The van der Waals surface area contributed by atoms with Crippen molar-refractivity contribution in [3.63, 3.8) is 0 Å². The first-order valence-corrected chi connectivity index (χ1v) is 14.2. The van der Waals surface area contributed by atoms with Crippen molar-refractivity contribution in [3.05, 3.63) is 64.8 Å². The number of ether oxygens (including phenoxy) is 2. The summed E-state index contributed by atoms with van der Waals surface area (Å²) in [6.07, 6.45) is 6.92. The zero-order valence-corrected chi connectivity index (χ0v) is 21.8. The summed E-state index contributed by atoms with van der Waals surface area (Å²) in [6, 6.07) is 11.5. The lowest BCUT2D eigenvalue weighted by Crippen LogP contribution is -2.45. The van der Waals surface area contributed by atoms with Crippen molar-refractivity contribution in [1.82, 2.24) is 14.6 Å². The molecule has 1 aromatic heterocycles. The lowest BCUT2D eigenvalue weighted by Gasteiger charge is -2.45. The molecular formula is C27H33N3O5S. The maximum Gasteiger partial charge on any atom is 0.264 e. The van der Waals surface area contributed by atoms with E-state index in [1.165, 1.54) is 0 Å². The van der Waals surface area contributed by atoms with Crippen LogP contribution in [0, 0.1) is 6.92 Å². The molecule has 0 aliphatic carbocycles. The van der Waals surface area contributed by atoms with Crippen molar-refractivity contribution in [2.24, 2.45) is 0 Å². The average Bonchev–Trinajstić information content (AvgIpc) is 3.51. The highest BCUT2D eigenvalue weighted by Crippen LogP contribution is 2.45. The Labute approximate surface area is 212 Å². The monoisotopic (exact) mass is 511 g/mol. The Bertz CT molecular complexity index is 1370. The number of piperidine rings is 1. The van der Waals surface area contributed by atoms with Gasteiger partial charge in [0.25, 0.3) is 5.91 Å². The van der Waals surface area contributed by atoms with Crippen molar-refractivity contribution in [1.29, 1.82) is 0 Å². The fourth-order valence-electron chi connectivity index (χ4n) is 5.79. The molecule has 1 amide bonds. The summed E-state index contributed by atoms with van der Waals surface area (Å²) in [5.74, 6) is 0.253. The quantitative estimate of drug-likeness (QED) is 0.518. The number of nitrogens with one attached hydrogen (secondary N) is 2. The van der Waals surface area contributed by atoms with E-state index in [4.69, 9.17) is 9.47 Å². The molecule has 2 saturated heterocycles. The molecule has 1 spiro atoms. The number of carbonyl (C=O) groups is 1. The van der Waals surface area contributed by atoms with Crippen molar-refractivity contribution in [3.8, 4) is 5.75 Å². The SMILES string of the molecule is COc1cc(C)c2[nH]ccc2c1CN1CCC2(CCCO2)C[C@H]1c1ccc(C(=O)NS(C)(=O)=O)cc1. The number of rotatable bonds is 6. The first kappa shape index (κ1) is 24.8. The van der Waals surface area contributed by atoms with E-state index in [1.54, 1.807) is 19.2 Å². The van der Waals surface area contributed by atoms with E-state index in [2.05, 4.69) is 28.9 Å². The predicted molar refractivity (Wildman–Crippen MR) is 139 cm³/mol. The van der Waals surface area contributed by atoms with Crippen LogP contribution in [-0.2, 0) is 21.3 Å². The van der Waals surface area contributed by atoms with Gasteiger partial charge in [-0.05, 0) is 68.0 Å². The second-order valence-corrected chi connectivity index (χ2v) is 11.8. The lowest BCUT2D eigenvalue weighted by atomic mass is 9.81. The van der Waals surface area contributed by atoms with Crippen LogP contribution in [0.15, 0.2) is 42.6 Å². The molecule has 2 aliphatic heterocycles. The van der Waals surface area contributed by atoms with Gasteiger partial charge < -0.3 is 14.5 Å². The molecule has 5 rings (SSSR count). The number of aryl methyl sites for hydroxylation is 1. The number of sulfonamides is 1. The van der Waals surface area contributed by atoms with Gasteiger partial charge in [0.15, 0.2) is 0 Å². The van der Waals surface area contributed by atoms with Crippen LogP contribution in [0.2, 0.25) is 0 Å². The summed E-state index contributed by atoms with van der Waals surface area (Å²) in [7, 11) is -1.91. The third kappa shape index (κ3) is 4.87. The normalized spacial score (nSPS) is 22.8. The Hall–Kier alpha value is -2.88. The third-order valence-corrected chi connectivity index (χ3v) is 8.13. The van der Waals surface area contributed by atoms with E-state index in [0.717, 1.165) is 85.0 Å². The van der Waals surface area contributed by atoms with E-state index in [0.29, 0.717) is 5.56 Å². The summed E-state index contributed by atoms with van der Waals surface area (Å²) < 4.78 is 37.1. The predicted octanol–water partition coefficient (Wildman–Crippen LogP) is 4.06. The number of hydrogen-bond acceptors (Lipinski definition) is 6. The van der Waals surface area contributed by atoms with Crippen LogP contribution < -0.4 is 9.46 Å². The van der Waals surface area contributed by atoms with Crippen LogP contribution in [0.1, 0.15) is 58.8 Å². The smallest absolute Gasteiger partial charge is 0.264 e. The van der Waals surface area contributed by atoms with Crippen LogP contribution in [0.4, 0.5) is 0 Å². The highest BCUT2D eigenvalue weighted by molar-refractivity contribution is 7.89. The van der Waals surface area contributed by atoms with E-state index >= 15 is 0 Å². The molecule has 2 aliphatic rings. The maximum absolute atomic E-state index is 12.3. The minimum absolute atomic E-state index is 0.0869. The van der Waals surface area contributed by atoms with Gasteiger partial charge in [0.05, 0.1) is 19.0 Å². The molecule has 2 atom stereocenters. The Balaban J connectivity index is 1.48. The molecule has 8 nitrogen and oxygen atoms in total. The van der Waals surface area contributed by atoms with Crippen molar-refractivity contribution >= 4 is 26.8 Å². The molecule has 2 aromatic carbocycles. The number of aromatic amines is 1. The van der Waals surface area contributed by atoms with Crippen molar-refractivity contribution in [2.75, 3.05) is 26.5 Å². The van der Waals surface area contributed by atoms with Crippen LogP contribution in [0.25, 0.3) is 10.9 Å². The van der Waals surface area contributed by atoms with Gasteiger partial charge in [0, 0.05) is 54.0 Å². The summed E-state index contributed by atoms with van der Waals surface area (Å²) >= 11 is 0. The standard InChI is InChI=1S/C27H33N3O5S/c1-18-15-24(34-2)22(21-9-12-28-25(18)21)17-30-13-11-27(10-4-14-35-27)16-23(30)19-5-7-20(8-6-19)26(31)29-36(3,32)33/h5-9,12,15,23,28H,4,10-11,13-14,16-17H2,1-3H3,(H,29,31)/t23-,27?/m0/s1. The number of hydrogen-bond donors (Lipinski definition) is 2. The van der Waals surface area contributed by atoms with Gasteiger partial charge >= 0.3 is 0 Å². The Morgan fingerprint density at radius 2 is 2.03 bits per heavy atom. The van der Waals surface area contributed by atoms with Gasteiger partial charge in [-0.3, -0.25) is 9.69 Å². The van der Waals surface area contributed by atoms with E-state index in [-0.39, 0.29) is 11.6 Å². The number of benzene rings is 2. The fraction of sp³-hybridized carbons (Fsp3) is 0.444. The molecule has 36 heavy (non-hydrogen) atoms. The molecule has 3 aromatic rings. The third-order valence-electron chi connectivity index (χ3n) is 7.57. The molecule has 0 bridgehead atoms. The summed E-state index contributed by atoms with van der Waals surface area (Å²) in [5, 5.41) is 1.16. The molecule has 3 heterocycles. The second-order valence-electron chi connectivity index (χ2n) is 10.0. The van der Waals surface area contributed by atoms with Gasteiger partial charge in [0.1, 0.15) is 5.75 Å². The first-order chi connectivity index (χ1) is 17.2. The number of nitrogens with zero attached hydrogens (tertiary/aromatic N) is 1. The summed E-state index contributed by atoms with van der Waals surface area (Å²) in [5.41, 5.74) is 4.69. The minimum atomic E-state index is -3.62. The largest absolute Gasteiger partial charge is 0.496 e. The summed E-state index contributed by atoms with van der Waals surface area (Å²) in [4.78, 5) is 18.1. The molecular weight excluding hydrogens is 478 g/mol. The second kappa shape index (κ2) is 9.53. The van der Waals surface area contributed by atoms with Crippen LogP contribution >= 0.6 is 0 Å². The average molecular weight is 512 g/mol. The van der Waals surface area contributed by atoms with Crippen molar-refractivity contribution in [2.45, 2.75) is 50.8 Å².